The first kappa shape index (κ1) is 19.3. The van der Waals surface area contributed by atoms with Crippen molar-refractivity contribution in [3.63, 3.8) is 0 Å². The zero-order valence-corrected chi connectivity index (χ0v) is 15.9. The molecular weight excluding hydrogens is 356 g/mol. The Morgan fingerprint density at radius 3 is 2.33 bits per heavy atom. The third-order valence-electron chi connectivity index (χ3n) is 4.32. The van der Waals surface area contributed by atoms with Gasteiger partial charge in [0.15, 0.2) is 0 Å². The van der Waals surface area contributed by atoms with E-state index in [1.807, 2.05) is 20.8 Å². The molecule has 0 saturated carbocycles. The van der Waals surface area contributed by atoms with Gasteiger partial charge < -0.3 is 14.5 Å². The molecule has 0 aromatic carbocycles. The van der Waals surface area contributed by atoms with E-state index in [0.717, 1.165) is 12.8 Å². The van der Waals surface area contributed by atoms with Crippen LogP contribution in [0.2, 0.25) is 0 Å². The molecule has 24 heavy (non-hydrogen) atoms. The first-order valence-corrected chi connectivity index (χ1v) is 10.5. The molecule has 0 radical (unpaired) electrons. The molecule has 0 spiro atoms. The molecule has 2 rings (SSSR count). The fourth-order valence-electron chi connectivity index (χ4n) is 3.04. The molecule has 1 atom stereocenters. The van der Waals surface area contributed by atoms with Gasteiger partial charge in [0.05, 0.1) is 0 Å². The van der Waals surface area contributed by atoms with E-state index < -0.39 is 19.9 Å². The fraction of sp³-hybridized carbons (Fsp3) is 0.867. The molecule has 2 amide bonds. The van der Waals surface area contributed by atoms with E-state index in [4.69, 9.17) is 15.4 Å². The minimum absolute atomic E-state index is 0.0391. The van der Waals surface area contributed by atoms with Crippen LogP contribution in [0.25, 0.3) is 0 Å². The Bertz CT molecular complexity index is 593. The lowest BCUT2D eigenvalue weighted by molar-refractivity contribution is -0.128. The van der Waals surface area contributed by atoms with Crippen molar-refractivity contribution >= 4 is 31.7 Å². The maximum absolute atomic E-state index is 12.0. The van der Waals surface area contributed by atoms with E-state index >= 15 is 0 Å². The number of halogens is 1. The van der Waals surface area contributed by atoms with Crippen LogP contribution in [0.5, 0.6) is 0 Å². The average molecular weight is 381 g/mol. The van der Waals surface area contributed by atoms with Crippen LogP contribution >= 0.6 is 10.7 Å². The van der Waals surface area contributed by atoms with Gasteiger partial charge in [0.1, 0.15) is 10.9 Å². The largest absolute Gasteiger partial charge is 0.444 e. The van der Waals surface area contributed by atoms with E-state index in [1.165, 1.54) is 0 Å². The van der Waals surface area contributed by atoms with E-state index in [1.54, 1.807) is 9.80 Å². The standard InChI is InChI=1S/C15H25ClN2O5S/c1-15(2,3)23-14(20)17-6-4-11(5-7-17)9-18-10-12(8-13(18)19)24(16,21)22/h11-12H,4-10H2,1-3H3. The van der Waals surface area contributed by atoms with Crippen molar-refractivity contribution in [1.82, 2.24) is 9.80 Å². The van der Waals surface area contributed by atoms with Crippen LogP contribution in [-0.4, -0.2) is 67.2 Å². The summed E-state index contributed by atoms with van der Waals surface area (Å²) in [5.41, 5.74) is -0.516. The highest BCUT2D eigenvalue weighted by Crippen LogP contribution is 2.25. The van der Waals surface area contributed by atoms with Gasteiger partial charge in [-0.15, -0.1) is 0 Å². The molecule has 2 heterocycles. The lowest BCUT2D eigenvalue weighted by Gasteiger charge is -2.34. The second-order valence-electron chi connectivity index (χ2n) is 7.51. The number of rotatable bonds is 3. The van der Waals surface area contributed by atoms with Gasteiger partial charge in [0.2, 0.25) is 15.0 Å². The number of hydrogen-bond donors (Lipinski definition) is 0. The number of nitrogens with zero attached hydrogens (tertiary/aromatic N) is 2. The summed E-state index contributed by atoms with van der Waals surface area (Å²) < 4.78 is 28.1. The topological polar surface area (TPSA) is 84.0 Å². The van der Waals surface area contributed by atoms with Gasteiger partial charge >= 0.3 is 6.09 Å². The average Bonchev–Trinajstić information content (AvgIpc) is 2.79. The van der Waals surface area contributed by atoms with Crippen molar-refractivity contribution in [3.8, 4) is 0 Å². The number of ether oxygens (including phenoxy) is 1. The zero-order chi connectivity index (χ0) is 18.1. The Hall–Kier alpha value is -1.02. The van der Waals surface area contributed by atoms with Crippen LogP contribution in [-0.2, 0) is 18.6 Å². The number of hydrogen-bond acceptors (Lipinski definition) is 5. The first-order chi connectivity index (χ1) is 11.0. The minimum Gasteiger partial charge on any atom is -0.444 e. The second kappa shape index (κ2) is 7.07. The number of piperidine rings is 1. The van der Waals surface area contributed by atoms with E-state index in [2.05, 4.69) is 0 Å². The second-order valence-corrected chi connectivity index (χ2v) is 10.4. The predicted molar refractivity (Wildman–Crippen MR) is 90.3 cm³/mol. The molecule has 9 heteroatoms. The van der Waals surface area contributed by atoms with Crippen molar-refractivity contribution in [1.29, 1.82) is 0 Å². The van der Waals surface area contributed by atoms with E-state index in [0.29, 0.717) is 19.6 Å². The van der Waals surface area contributed by atoms with Gasteiger partial charge in [-0.3, -0.25) is 4.79 Å². The summed E-state index contributed by atoms with van der Waals surface area (Å²) in [5.74, 6) is 0.0863. The molecule has 7 nitrogen and oxygen atoms in total. The van der Waals surface area contributed by atoms with Crippen LogP contribution in [0.15, 0.2) is 0 Å². The van der Waals surface area contributed by atoms with Crippen LogP contribution in [0.3, 0.4) is 0 Å². The number of carbonyl (C=O) groups is 2. The monoisotopic (exact) mass is 380 g/mol. The predicted octanol–water partition coefficient (Wildman–Crippen LogP) is 1.80. The van der Waals surface area contributed by atoms with Crippen LogP contribution in [0, 0.1) is 5.92 Å². The van der Waals surface area contributed by atoms with Crippen LogP contribution < -0.4 is 0 Å². The maximum Gasteiger partial charge on any atom is 0.410 e. The van der Waals surface area contributed by atoms with Crippen LogP contribution in [0.1, 0.15) is 40.0 Å². The van der Waals surface area contributed by atoms with Gasteiger partial charge in [-0.2, -0.15) is 0 Å². The summed E-state index contributed by atoms with van der Waals surface area (Å²) in [6, 6.07) is 0. The van der Waals surface area contributed by atoms with Crippen LogP contribution in [0.4, 0.5) is 4.79 Å². The Balaban J connectivity index is 1.81. The molecule has 2 aliphatic rings. The maximum atomic E-state index is 12.0. The fourth-order valence-corrected chi connectivity index (χ4v) is 4.09. The third-order valence-corrected chi connectivity index (χ3v) is 6.19. The highest BCUT2D eigenvalue weighted by molar-refractivity contribution is 8.14. The number of carbonyl (C=O) groups excluding carboxylic acids is 2. The minimum atomic E-state index is -3.71. The van der Waals surface area contributed by atoms with E-state index in [-0.39, 0.29) is 30.9 Å². The van der Waals surface area contributed by atoms with Gasteiger partial charge in [-0.25, -0.2) is 13.2 Å². The van der Waals surface area contributed by atoms with Gasteiger partial charge in [0.25, 0.3) is 0 Å². The molecule has 2 fully saturated rings. The molecule has 138 valence electrons. The van der Waals surface area contributed by atoms with Crippen molar-refractivity contribution in [2.45, 2.75) is 50.9 Å². The molecule has 0 N–H and O–H groups in total. The summed E-state index contributed by atoms with van der Waals surface area (Å²) in [5, 5.41) is -0.812. The Labute approximate surface area is 147 Å². The lowest BCUT2D eigenvalue weighted by Crippen LogP contribution is -2.44. The quantitative estimate of drug-likeness (QED) is 0.697. The summed E-state index contributed by atoms with van der Waals surface area (Å²) in [6.07, 6.45) is 1.18. The van der Waals surface area contributed by atoms with Gasteiger partial charge in [-0.05, 0) is 39.5 Å². The number of amides is 2. The Morgan fingerprint density at radius 1 is 1.29 bits per heavy atom. The molecule has 0 aliphatic carbocycles. The molecule has 1 unspecified atom stereocenters. The molecule has 0 bridgehead atoms. The SMILES string of the molecule is CC(C)(C)OC(=O)N1CCC(CN2CC(S(=O)(=O)Cl)CC2=O)CC1. The van der Waals surface area contributed by atoms with Crippen molar-refractivity contribution < 1.29 is 22.7 Å². The van der Waals surface area contributed by atoms with Crippen molar-refractivity contribution in [2.75, 3.05) is 26.2 Å². The smallest absolute Gasteiger partial charge is 0.410 e. The van der Waals surface area contributed by atoms with Gasteiger partial charge in [0, 0.05) is 43.3 Å². The van der Waals surface area contributed by atoms with Crippen molar-refractivity contribution in [3.05, 3.63) is 0 Å². The lowest BCUT2D eigenvalue weighted by atomic mass is 9.96. The highest BCUT2D eigenvalue weighted by Gasteiger charge is 2.38. The zero-order valence-electron chi connectivity index (χ0n) is 14.3. The first-order valence-electron chi connectivity index (χ1n) is 8.15. The highest BCUT2D eigenvalue weighted by atomic mass is 35.7. The van der Waals surface area contributed by atoms with Crippen molar-refractivity contribution in [2.24, 2.45) is 5.92 Å². The van der Waals surface area contributed by atoms with Gasteiger partial charge in [-0.1, -0.05) is 0 Å². The summed E-state index contributed by atoms with van der Waals surface area (Å²) >= 11 is 0. The number of likely N-dealkylation sites (tertiary alicyclic amines) is 2. The molecule has 0 aromatic heterocycles. The third kappa shape index (κ3) is 5.24. The normalized spacial score (nSPS) is 23.7. The molecule has 2 aliphatic heterocycles. The van der Waals surface area contributed by atoms with E-state index in [9.17, 15) is 18.0 Å². The summed E-state index contributed by atoms with van der Waals surface area (Å²) in [7, 11) is 1.65. The summed E-state index contributed by atoms with van der Waals surface area (Å²) in [6.45, 7) is 7.34. The molecule has 0 aromatic rings. The summed E-state index contributed by atoms with van der Waals surface area (Å²) in [4.78, 5) is 27.2. The Kier molecular flexibility index (Phi) is 5.69. The molecular formula is C15H25ClN2O5S. The Morgan fingerprint density at radius 2 is 1.88 bits per heavy atom. The molecule has 2 saturated heterocycles.